The van der Waals surface area contributed by atoms with Gasteiger partial charge in [0.05, 0.1) is 0 Å². The predicted octanol–water partition coefficient (Wildman–Crippen LogP) is 1.04. The lowest BCUT2D eigenvalue weighted by atomic mass is 9.70. The van der Waals surface area contributed by atoms with Crippen molar-refractivity contribution in [3.63, 3.8) is 0 Å². The van der Waals surface area contributed by atoms with E-state index < -0.39 is 11.4 Å². The zero-order chi connectivity index (χ0) is 11.6. The topological polar surface area (TPSA) is 84.5 Å². The number of aliphatic imine (C=N–C) groups is 1. The molecule has 84 valence electrons. The quantitative estimate of drug-likeness (QED) is 0.731. The van der Waals surface area contributed by atoms with Gasteiger partial charge in [-0.15, -0.1) is 0 Å². The molecule has 0 saturated heterocycles. The summed E-state index contributed by atoms with van der Waals surface area (Å²) in [5.74, 6) is -0.107. The Morgan fingerprint density at radius 3 is 2.47 bits per heavy atom. The lowest BCUT2D eigenvalue weighted by Gasteiger charge is -2.37. The van der Waals surface area contributed by atoms with E-state index in [4.69, 9.17) is 5.73 Å². The molecule has 1 heterocycles. The van der Waals surface area contributed by atoms with Crippen LogP contribution in [-0.2, 0) is 4.79 Å². The number of amidine groups is 1. The molecule has 0 aliphatic carbocycles. The van der Waals surface area contributed by atoms with E-state index in [9.17, 15) is 9.59 Å². The second kappa shape index (κ2) is 4.00. The normalized spacial score (nSPS) is 28.3. The molecule has 0 bridgehead atoms. The maximum Gasteiger partial charge on any atom is 0.349 e. The summed E-state index contributed by atoms with van der Waals surface area (Å²) in [5.41, 5.74) is 4.93. The molecular formula is C10H17N3O2. The molecule has 0 unspecified atom stereocenters. The number of nitrogens with zero attached hydrogens (tertiary/aromatic N) is 1. The first-order valence-electron chi connectivity index (χ1n) is 5.19. The summed E-state index contributed by atoms with van der Waals surface area (Å²) in [6, 6.07) is -0.662. The van der Waals surface area contributed by atoms with Crippen molar-refractivity contribution in [1.29, 1.82) is 0 Å². The number of nitrogens with one attached hydrogen (secondary N) is 1. The van der Waals surface area contributed by atoms with Gasteiger partial charge in [0.1, 0.15) is 11.3 Å². The molecule has 2 atom stereocenters. The Labute approximate surface area is 89.1 Å². The number of carbonyl (C=O) groups is 2. The van der Waals surface area contributed by atoms with Gasteiger partial charge in [0.2, 0.25) is 5.91 Å². The van der Waals surface area contributed by atoms with Crippen molar-refractivity contribution in [3.8, 4) is 0 Å². The van der Waals surface area contributed by atoms with E-state index >= 15 is 0 Å². The van der Waals surface area contributed by atoms with Crippen LogP contribution in [-0.4, -0.2) is 17.8 Å². The van der Waals surface area contributed by atoms with Crippen molar-refractivity contribution >= 4 is 17.8 Å². The van der Waals surface area contributed by atoms with E-state index in [0.29, 0.717) is 6.42 Å². The molecule has 0 fully saturated rings. The number of nitrogens with two attached hydrogens (primary N) is 1. The van der Waals surface area contributed by atoms with Crippen LogP contribution in [0.25, 0.3) is 0 Å². The number of amides is 3. The van der Waals surface area contributed by atoms with Crippen LogP contribution in [0.4, 0.5) is 4.79 Å². The Balaban J connectivity index is 3.22. The van der Waals surface area contributed by atoms with Crippen LogP contribution in [0.15, 0.2) is 4.99 Å². The summed E-state index contributed by atoms with van der Waals surface area (Å²) in [5, 5.41) is 2.22. The monoisotopic (exact) mass is 211 g/mol. The lowest BCUT2D eigenvalue weighted by molar-refractivity contribution is -0.129. The lowest BCUT2D eigenvalue weighted by Crippen LogP contribution is -2.57. The molecule has 5 nitrogen and oxygen atoms in total. The second-order valence-electron chi connectivity index (χ2n) is 3.89. The van der Waals surface area contributed by atoms with Crippen molar-refractivity contribution in [2.45, 2.75) is 33.6 Å². The summed E-state index contributed by atoms with van der Waals surface area (Å²) in [6.45, 7) is 5.81. The largest absolute Gasteiger partial charge is 0.386 e. The Morgan fingerprint density at radius 1 is 1.47 bits per heavy atom. The Kier molecular flexibility index (Phi) is 3.12. The summed E-state index contributed by atoms with van der Waals surface area (Å²) in [6.07, 6.45) is 1.36. The number of hydrogen-bond acceptors (Lipinski definition) is 3. The average Bonchev–Trinajstić information content (AvgIpc) is 2.17. The number of imide groups is 1. The van der Waals surface area contributed by atoms with Gasteiger partial charge in [-0.25, -0.2) is 4.79 Å². The third-order valence-corrected chi connectivity index (χ3v) is 3.32. The Hall–Kier alpha value is -1.39. The highest BCUT2D eigenvalue weighted by Crippen LogP contribution is 2.35. The van der Waals surface area contributed by atoms with Gasteiger partial charge in [-0.1, -0.05) is 27.2 Å². The fourth-order valence-corrected chi connectivity index (χ4v) is 2.08. The molecule has 3 N–H and O–H groups in total. The van der Waals surface area contributed by atoms with Crippen LogP contribution in [0.3, 0.4) is 0 Å². The minimum absolute atomic E-state index is 0.0688. The van der Waals surface area contributed by atoms with E-state index in [1.165, 1.54) is 0 Å². The average molecular weight is 211 g/mol. The van der Waals surface area contributed by atoms with Crippen LogP contribution < -0.4 is 11.1 Å². The SMILES string of the molecule is CC[C@@H](C)[C@]1(CC)C(=O)NC(=O)N=C1N. The summed E-state index contributed by atoms with van der Waals surface area (Å²) >= 11 is 0. The highest BCUT2D eigenvalue weighted by Gasteiger charge is 2.48. The first-order valence-corrected chi connectivity index (χ1v) is 5.19. The van der Waals surface area contributed by atoms with Crippen molar-refractivity contribution in [2.75, 3.05) is 0 Å². The number of rotatable bonds is 3. The minimum Gasteiger partial charge on any atom is -0.386 e. The number of carbonyl (C=O) groups excluding carboxylic acids is 2. The van der Waals surface area contributed by atoms with Gasteiger partial charge in [-0.2, -0.15) is 4.99 Å². The van der Waals surface area contributed by atoms with Crippen molar-refractivity contribution < 1.29 is 9.59 Å². The highest BCUT2D eigenvalue weighted by molar-refractivity contribution is 6.18. The highest BCUT2D eigenvalue weighted by atomic mass is 16.2. The zero-order valence-corrected chi connectivity index (χ0v) is 9.33. The zero-order valence-electron chi connectivity index (χ0n) is 9.33. The molecular weight excluding hydrogens is 194 g/mol. The smallest absolute Gasteiger partial charge is 0.349 e. The summed E-state index contributed by atoms with van der Waals surface area (Å²) in [7, 11) is 0. The molecule has 5 heteroatoms. The number of hydrogen-bond donors (Lipinski definition) is 2. The van der Waals surface area contributed by atoms with E-state index in [1.54, 1.807) is 0 Å². The Bertz CT molecular complexity index is 325. The van der Waals surface area contributed by atoms with Gasteiger partial charge in [0, 0.05) is 0 Å². The second-order valence-corrected chi connectivity index (χ2v) is 3.89. The molecule has 0 saturated carbocycles. The summed E-state index contributed by atoms with van der Waals surface area (Å²) < 4.78 is 0. The van der Waals surface area contributed by atoms with Gasteiger partial charge in [-0.3, -0.25) is 10.1 Å². The predicted molar refractivity (Wildman–Crippen MR) is 57.3 cm³/mol. The van der Waals surface area contributed by atoms with Crippen molar-refractivity contribution in [3.05, 3.63) is 0 Å². The molecule has 0 spiro atoms. The van der Waals surface area contributed by atoms with Crippen LogP contribution in [0.5, 0.6) is 0 Å². The fraction of sp³-hybridized carbons (Fsp3) is 0.700. The van der Waals surface area contributed by atoms with Gasteiger partial charge in [0.25, 0.3) is 0 Å². The molecule has 0 radical (unpaired) electrons. The van der Waals surface area contributed by atoms with Gasteiger partial charge < -0.3 is 5.73 Å². The molecule has 1 aliphatic heterocycles. The van der Waals surface area contributed by atoms with Gasteiger partial charge in [-0.05, 0) is 12.3 Å². The van der Waals surface area contributed by atoms with Crippen LogP contribution in [0, 0.1) is 11.3 Å². The minimum atomic E-state index is -0.817. The first kappa shape index (κ1) is 11.7. The van der Waals surface area contributed by atoms with Gasteiger partial charge >= 0.3 is 6.03 Å². The number of urea groups is 1. The van der Waals surface area contributed by atoms with E-state index in [1.807, 2.05) is 20.8 Å². The molecule has 0 aromatic heterocycles. The maximum absolute atomic E-state index is 11.9. The first-order chi connectivity index (χ1) is 6.98. The molecule has 0 aromatic carbocycles. The van der Waals surface area contributed by atoms with Crippen LogP contribution >= 0.6 is 0 Å². The Morgan fingerprint density at radius 2 is 2.07 bits per heavy atom. The third-order valence-electron chi connectivity index (χ3n) is 3.32. The van der Waals surface area contributed by atoms with E-state index in [0.717, 1.165) is 6.42 Å². The van der Waals surface area contributed by atoms with E-state index in [-0.39, 0.29) is 17.7 Å². The fourth-order valence-electron chi connectivity index (χ4n) is 2.08. The molecule has 1 rings (SSSR count). The van der Waals surface area contributed by atoms with Crippen molar-refractivity contribution in [1.82, 2.24) is 5.32 Å². The molecule has 0 aromatic rings. The van der Waals surface area contributed by atoms with Crippen LogP contribution in [0.2, 0.25) is 0 Å². The molecule has 3 amide bonds. The third kappa shape index (κ3) is 1.62. The van der Waals surface area contributed by atoms with Crippen LogP contribution in [0.1, 0.15) is 33.6 Å². The van der Waals surface area contributed by atoms with E-state index in [2.05, 4.69) is 10.3 Å². The molecule has 15 heavy (non-hydrogen) atoms. The van der Waals surface area contributed by atoms with Gasteiger partial charge in [0.15, 0.2) is 0 Å². The summed E-state index contributed by atoms with van der Waals surface area (Å²) in [4.78, 5) is 26.5. The van der Waals surface area contributed by atoms with Crippen molar-refractivity contribution in [2.24, 2.45) is 22.1 Å². The molecule has 1 aliphatic rings. The standard InChI is InChI=1S/C10H17N3O2/c1-4-6(3)10(5-2)7(11)12-9(15)13-8(10)14/h6H,4-5H2,1-3H3,(H3,11,12,13,14,15)/t6-,10+/m1/s1. The maximum atomic E-state index is 11.9.